The predicted octanol–water partition coefficient (Wildman–Crippen LogP) is 3.69. The third-order valence-corrected chi connectivity index (χ3v) is 4.11. The maximum atomic E-state index is 5.57. The van der Waals surface area contributed by atoms with Gasteiger partial charge in [0.2, 0.25) is 0 Å². The largest absolute Gasteiger partial charge is 0.380 e. The second-order valence-electron chi connectivity index (χ2n) is 3.91. The molecule has 0 aliphatic heterocycles. The molecule has 1 aromatic rings. The van der Waals surface area contributed by atoms with Crippen molar-refractivity contribution in [1.82, 2.24) is 5.32 Å². The van der Waals surface area contributed by atoms with Crippen LogP contribution >= 0.6 is 31.9 Å². The van der Waals surface area contributed by atoms with Gasteiger partial charge in [-0.05, 0) is 43.1 Å². The Morgan fingerprint density at radius 3 is 2.65 bits per heavy atom. The van der Waals surface area contributed by atoms with Crippen molar-refractivity contribution in [3.63, 3.8) is 0 Å². The fourth-order valence-electron chi connectivity index (χ4n) is 1.48. The molecule has 0 spiro atoms. The van der Waals surface area contributed by atoms with E-state index < -0.39 is 0 Å². The summed E-state index contributed by atoms with van der Waals surface area (Å²) in [6.07, 6.45) is 0.936. The Morgan fingerprint density at radius 1 is 1.18 bits per heavy atom. The van der Waals surface area contributed by atoms with Gasteiger partial charge < -0.3 is 10.1 Å². The van der Waals surface area contributed by atoms with Crippen LogP contribution in [-0.4, -0.2) is 26.3 Å². The zero-order valence-corrected chi connectivity index (χ0v) is 13.5. The summed E-state index contributed by atoms with van der Waals surface area (Å²) in [5.41, 5.74) is 2.53. The van der Waals surface area contributed by atoms with E-state index in [2.05, 4.69) is 63.2 Å². The van der Waals surface area contributed by atoms with Gasteiger partial charge in [-0.15, -0.1) is 0 Å². The first kappa shape index (κ1) is 15.2. The Hall–Kier alpha value is 0.1000. The summed E-state index contributed by atoms with van der Waals surface area (Å²) in [7, 11) is 0. The molecule has 0 aliphatic rings. The van der Waals surface area contributed by atoms with Gasteiger partial charge in [-0.3, -0.25) is 0 Å². The molecule has 0 saturated heterocycles. The second kappa shape index (κ2) is 8.25. The molecule has 0 aromatic heterocycles. The molecular formula is C13H19Br2NO. The molecular weight excluding hydrogens is 346 g/mol. The number of halogens is 2. The molecule has 17 heavy (non-hydrogen) atoms. The number of ether oxygens (including phenoxy) is 1. The molecule has 0 atom stereocenters. The number of rotatable bonds is 7. The first-order valence-electron chi connectivity index (χ1n) is 5.88. The van der Waals surface area contributed by atoms with Crippen LogP contribution in [0.4, 0.5) is 0 Å². The van der Waals surface area contributed by atoms with Gasteiger partial charge in [0.05, 0.1) is 13.2 Å². The lowest BCUT2D eigenvalue weighted by atomic mass is 10.1. The number of hydrogen-bond donors (Lipinski definition) is 1. The summed E-state index contributed by atoms with van der Waals surface area (Å²) in [4.78, 5) is 0. The van der Waals surface area contributed by atoms with E-state index in [1.165, 1.54) is 11.1 Å². The van der Waals surface area contributed by atoms with Crippen LogP contribution in [0.25, 0.3) is 0 Å². The lowest BCUT2D eigenvalue weighted by Gasteiger charge is -2.08. The molecule has 96 valence electrons. The van der Waals surface area contributed by atoms with E-state index in [-0.39, 0.29) is 0 Å². The minimum atomic E-state index is 0.763. The van der Waals surface area contributed by atoms with Crippen molar-refractivity contribution in [1.29, 1.82) is 0 Å². The summed E-state index contributed by atoms with van der Waals surface area (Å²) in [5.74, 6) is 0. The van der Waals surface area contributed by atoms with Crippen LogP contribution in [0, 0.1) is 6.92 Å². The summed E-state index contributed by atoms with van der Waals surface area (Å²) < 4.78 is 7.88. The number of hydrogen-bond acceptors (Lipinski definition) is 2. The minimum Gasteiger partial charge on any atom is -0.380 e. The highest BCUT2D eigenvalue weighted by Crippen LogP contribution is 2.25. The zero-order valence-electron chi connectivity index (χ0n) is 10.4. The monoisotopic (exact) mass is 363 g/mol. The molecule has 0 saturated carbocycles. The van der Waals surface area contributed by atoms with Gasteiger partial charge in [0, 0.05) is 15.5 Å². The van der Waals surface area contributed by atoms with Gasteiger partial charge in [-0.2, -0.15) is 0 Å². The third-order valence-electron chi connectivity index (χ3n) is 2.52. The second-order valence-corrected chi connectivity index (χ2v) is 5.62. The molecule has 1 rings (SSSR count). The van der Waals surface area contributed by atoms with Crippen LogP contribution in [0.5, 0.6) is 0 Å². The number of benzene rings is 1. The molecule has 1 aromatic carbocycles. The first-order valence-corrected chi connectivity index (χ1v) is 7.46. The Kier molecular flexibility index (Phi) is 7.35. The average molecular weight is 365 g/mol. The minimum absolute atomic E-state index is 0.763. The van der Waals surface area contributed by atoms with Gasteiger partial charge in [0.1, 0.15) is 0 Å². The Balaban J connectivity index is 2.34. The number of likely N-dealkylation sites (N-methyl/N-ethyl adjacent to an activating group) is 1. The van der Waals surface area contributed by atoms with E-state index in [1.807, 2.05) is 0 Å². The molecule has 0 unspecified atom stereocenters. The van der Waals surface area contributed by atoms with Gasteiger partial charge in [0.15, 0.2) is 0 Å². The van der Waals surface area contributed by atoms with E-state index in [4.69, 9.17) is 4.74 Å². The summed E-state index contributed by atoms with van der Waals surface area (Å²) >= 11 is 7.14. The van der Waals surface area contributed by atoms with E-state index in [1.54, 1.807) is 0 Å². The highest BCUT2D eigenvalue weighted by Gasteiger charge is 2.03. The maximum absolute atomic E-state index is 5.57. The van der Waals surface area contributed by atoms with Gasteiger partial charge in [-0.25, -0.2) is 0 Å². The molecule has 0 fully saturated rings. The normalized spacial score (nSPS) is 10.8. The highest BCUT2D eigenvalue weighted by atomic mass is 79.9. The summed E-state index contributed by atoms with van der Waals surface area (Å²) in [6.45, 7) is 7.65. The van der Waals surface area contributed by atoms with Crippen molar-refractivity contribution in [2.45, 2.75) is 20.3 Å². The predicted molar refractivity (Wildman–Crippen MR) is 79.6 cm³/mol. The van der Waals surface area contributed by atoms with Crippen molar-refractivity contribution < 1.29 is 4.74 Å². The molecule has 1 N–H and O–H groups in total. The molecule has 0 amide bonds. The van der Waals surface area contributed by atoms with Crippen LogP contribution in [0.3, 0.4) is 0 Å². The Morgan fingerprint density at radius 2 is 1.94 bits per heavy atom. The van der Waals surface area contributed by atoms with Crippen molar-refractivity contribution >= 4 is 31.9 Å². The summed E-state index contributed by atoms with van der Waals surface area (Å²) in [5, 5.41) is 3.23. The van der Waals surface area contributed by atoms with Crippen LogP contribution in [0.15, 0.2) is 21.1 Å². The van der Waals surface area contributed by atoms with Crippen molar-refractivity contribution in [3.05, 3.63) is 32.2 Å². The van der Waals surface area contributed by atoms with Crippen LogP contribution < -0.4 is 5.32 Å². The van der Waals surface area contributed by atoms with E-state index in [0.29, 0.717) is 0 Å². The van der Waals surface area contributed by atoms with E-state index in [0.717, 1.165) is 41.7 Å². The topological polar surface area (TPSA) is 21.3 Å². The highest BCUT2D eigenvalue weighted by molar-refractivity contribution is 9.11. The molecule has 0 aliphatic carbocycles. The lowest BCUT2D eigenvalue weighted by molar-refractivity contribution is 0.139. The quantitative estimate of drug-likeness (QED) is 0.745. The Labute approximate surface area is 120 Å². The zero-order chi connectivity index (χ0) is 12.7. The van der Waals surface area contributed by atoms with Gasteiger partial charge >= 0.3 is 0 Å². The van der Waals surface area contributed by atoms with Crippen LogP contribution in [0.2, 0.25) is 0 Å². The van der Waals surface area contributed by atoms with Crippen molar-refractivity contribution in [2.75, 3.05) is 26.3 Å². The SMILES string of the molecule is CCNCCOCCc1cc(Br)c(C)cc1Br. The van der Waals surface area contributed by atoms with Crippen LogP contribution in [-0.2, 0) is 11.2 Å². The summed E-state index contributed by atoms with van der Waals surface area (Å²) in [6, 6.07) is 4.30. The van der Waals surface area contributed by atoms with Gasteiger partial charge in [0.25, 0.3) is 0 Å². The van der Waals surface area contributed by atoms with Crippen molar-refractivity contribution in [2.24, 2.45) is 0 Å². The lowest BCUT2D eigenvalue weighted by Crippen LogP contribution is -2.19. The molecule has 2 nitrogen and oxygen atoms in total. The van der Waals surface area contributed by atoms with Crippen molar-refractivity contribution in [3.8, 4) is 0 Å². The molecule has 0 heterocycles. The fraction of sp³-hybridized carbons (Fsp3) is 0.538. The smallest absolute Gasteiger partial charge is 0.0591 e. The number of aryl methyl sites for hydroxylation is 1. The molecule has 4 heteroatoms. The molecule has 0 bridgehead atoms. The van der Waals surface area contributed by atoms with Gasteiger partial charge in [-0.1, -0.05) is 38.8 Å². The number of nitrogens with one attached hydrogen (secondary N) is 1. The van der Waals surface area contributed by atoms with E-state index >= 15 is 0 Å². The average Bonchev–Trinajstić information content (AvgIpc) is 2.30. The Bertz CT molecular complexity index is 356. The van der Waals surface area contributed by atoms with E-state index in [9.17, 15) is 0 Å². The molecule has 0 radical (unpaired) electrons. The first-order chi connectivity index (χ1) is 8.15. The standard InChI is InChI=1S/C13H19Br2NO/c1-3-16-5-7-17-6-4-11-9-12(14)10(2)8-13(11)15/h8-9,16H,3-7H2,1-2H3. The van der Waals surface area contributed by atoms with Crippen LogP contribution in [0.1, 0.15) is 18.1 Å². The third kappa shape index (κ3) is 5.51. The maximum Gasteiger partial charge on any atom is 0.0591 e. The fourth-order valence-corrected chi connectivity index (χ4v) is 2.53.